The van der Waals surface area contributed by atoms with E-state index >= 15 is 0 Å². The third-order valence-electron chi connectivity index (χ3n) is 4.59. The summed E-state index contributed by atoms with van der Waals surface area (Å²) >= 11 is 0. The van der Waals surface area contributed by atoms with Crippen LogP contribution in [0.2, 0.25) is 0 Å². The predicted molar refractivity (Wildman–Crippen MR) is 94.7 cm³/mol. The maximum atomic E-state index is 12.6. The van der Waals surface area contributed by atoms with E-state index in [1.54, 1.807) is 14.2 Å². The molecule has 1 aromatic rings. The van der Waals surface area contributed by atoms with Gasteiger partial charge in [0.1, 0.15) is 0 Å². The monoisotopic (exact) mass is 335 g/mol. The second-order valence-electron chi connectivity index (χ2n) is 6.10. The molecule has 1 aromatic carbocycles. The SMILES string of the molecule is CCCNC(=O)N1CCc2cc(OC)c(OC)cc2[C@@H]1[C@H](N)CC. The van der Waals surface area contributed by atoms with Crippen molar-refractivity contribution in [2.75, 3.05) is 27.3 Å². The molecule has 6 heteroatoms. The number of nitrogens with two attached hydrogens (primary N) is 1. The lowest BCUT2D eigenvalue weighted by Crippen LogP contribution is -2.51. The molecule has 0 radical (unpaired) electrons. The highest BCUT2D eigenvalue weighted by Gasteiger charge is 2.35. The first-order valence-electron chi connectivity index (χ1n) is 8.62. The van der Waals surface area contributed by atoms with Crippen LogP contribution in [0.1, 0.15) is 43.9 Å². The molecule has 1 heterocycles. The molecule has 24 heavy (non-hydrogen) atoms. The highest BCUT2D eigenvalue weighted by molar-refractivity contribution is 5.75. The summed E-state index contributed by atoms with van der Waals surface area (Å²) in [5, 5.41) is 2.97. The van der Waals surface area contributed by atoms with Gasteiger partial charge >= 0.3 is 6.03 Å². The van der Waals surface area contributed by atoms with Crippen LogP contribution in [0.15, 0.2) is 12.1 Å². The summed E-state index contributed by atoms with van der Waals surface area (Å²) in [6, 6.07) is 3.63. The molecular weight excluding hydrogens is 306 g/mol. The third-order valence-corrected chi connectivity index (χ3v) is 4.59. The molecule has 1 aliphatic heterocycles. The largest absolute Gasteiger partial charge is 0.493 e. The van der Waals surface area contributed by atoms with Gasteiger partial charge in [0, 0.05) is 19.1 Å². The molecule has 2 atom stereocenters. The zero-order valence-corrected chi connectivity index (χ0v) is 15.1. The Morgan fingerprint density at radius 3 is 2.58 bits per heavy atom. The molecule has 0 aliphatic carbocycles. The molecule has 1 aliphatic rings. The number of methoxy groups -OCH3 is 2. The molecule has 0 spiro atoms. The van der Waals surface area contributed by atoms with Crippen molar-refractivity contribution in [1.82, 2.24) is 10.2 Å². The molecule has 0 saturated heterocycles. The minimum atomic E-state index is -0.157. The van der Waals surface area contributed by atoms with Gasteiger partial charge in [-0.25, -0.2) is 4.79 Å². The van der Waals surface area contributed by atoms with Gasteiger partial charge in [0.15, 0.2) is 11.5 Å². The average molecular weight is 335 g/mol. The molecule has 0 bridgehead atoms. The molecule has 6 nitrogen and oxygen atoms in total. The number of ether oxygens (including phenoxy) is 2. The minimum absolute atomic E-state index is 0.0498. The van der Waals surface area contributed by atoms with E-state index < -0.39 is 0 Å². The average Bonchev–Trinajstić information content (AvgIpc) is 2.62. The van der Waals surface area contributed by atoms with Crippen molar-refractivity contribution in [3.8, 4) is 11.5 Å². The van der Waals surface area contributed by atoms with Crippen molar-refractivity contribution < 1.29 is 14.3 Å². The number of carbonyl (C=O) groups excluding carboxylic acids is 1. The molecule has 0 aromatic heterocycles. The van der Waals surface area contributed by atoms with Gasteiger partial charge in [0.25, 0.3) is 0 Å². The van der Waals surface area contributed by atoms with Crippen molar-refractivity contribution in [3.63, 3.8) is 0 Å². The van der Waals surface area contributed by atoms with Crippen molar-refractivity contribution in [2.24, 2.45) is 5.73 Å². The molecule has 2 rings (SSSR count). The van der Waals surface area contributed by atoms with Crippen molar-refractivity contribution in [1.29, 1.82) is 0 Å². The number of hydrogen-bond acceptors (Lipinski definition) is 4. The zero-order chi connectivity index (χ0) is 17.7. The van der Waals surface area contributed by atoms with E-state index in [-0.39, 0.29) is 18.1 Å². The summed E-state index contributed by atoms with van der Waals surface area (Å²) < 4.78 is 10.8. The number of rotatable bonds is 6. The van der Waals surface area contributed by atoms with Crippen molar-refractivity contribution >= 4 is 6.03 Å². The first-order valence-corrected chi connectivity index (χ1v) is 8.62. The van der Waals surface area contributed by atoms with E-state index in [4.69, 9.17) is 15.2 Å². The molecule has 0 fully saturated rings. The Bertz CT molecular complexity index is 577. The first-order chi connectivity index (χ1) is 11.6. The highest BCUT2D eigenvalue weighted by atomic mass is 16.5. The van der Waals surface area contributed by atoms with Gasteiger partial charge in [-0.2, -0.15) is 0 Å². The van der Waals surface area contributed by atoms with E-state index in [1.165, 1.54) is 5.56 Å². The number of fused-ring (bicyclic) bond motifs is 1. The Kier molecular flexibility index (Phi) is 6.31. The molecule has 3 N–H and O–H groups in total. The number of hydrogen-bond donors (Lipinski definition) is 2. The minimum Gasteiger partial charge on any atom is -0.493 e. The molecule has 0 saturated carbocycles. The highest BCUT2D eigenvalue weighted by Crippen LogP contribution is 2.39. The normalized spacial score (nSPS) is 17.9. The predicted octanol–water partition coefficient (Wildman–Crippen LogP) is 2.46. The maximum absolute atomic E-state index is 12.6. The Morgan fingerprint density at radius 2 is 2.00 bits per heavy atom. The molecule has 2 amide bonds. The van der Waals surface area contributed by atoms with Crippen LogP contribution in [0.3, 0.4) is 0 Å². The Balaban J connectivity index is 2.42. The van der Waals surface area contributed by atoms with Crippen molar-refractivity contribution in [2.45, 2.75) is 45.2 Å². The van der Waals surface area contributed by atoms with Gasteiger partial charge in [-0.05, 0) is 42.5 Å². The van der Waals surface area contributed by atoms with Crippen LogP contribution in [-0.4, -0.2) is 44.3 Å². The number of nitrogens with zero attached hydrogens (tertiary/aromatic N) is 1. The summed E-state index contributed by atoms with van der Waals surface area (Å²) in [6.07, 6.45) is 2.48. The summed E-state index contributed by atoms with van der Waals surface area (Å²) in [7, 11) is 3.25. The van der Waals surface area contributed by atoms with Crippen LogP contribution in [0.4, 0.5) is 4.79 Å². The van der Waals surface area contributed by atoms with Crippen LogP contribution in [0.5, 0.6) is 11.5 Å². The fraction of sp³-hybridized carbons (Fsp3) is 0.611. The number of amides is 2. The second kappa shape index (κ2) is 8.24. The maximum Gasteiger partial charge on any atom is 0.317 e. The van der Waals surface area contributed by atoms with Gasteiger partial charge in [0.2, 0.25) is 0 Å². The van der Waals surface area contributed by atoms with Gasteiger partial charge in [-0.3, -0.25) is 0 Å². The van der Waals surface area contributed by atoms with Crippen LogP contribution < -0.4 is 20.5 Å². The molecular formula is C18H29N3O3. The van der Waals surface area contributed by atoms with Crippen molar-refractivity contribution in [3.05, 3.63) is 23.3 Å². The van der Waals surface area contributed by atoms with E-state index in [9.17, 15) is 4.79 Å². The lowest BCUT2D eigenvalue weighted by Gasteiger charge is -2.40. The summed E-state index contributed by atoms with van der Waals surface area (Å²) in [5.74, 6) is 1.38. The van der Waals surface area contributed by atoms with Crippen LogP contribution in [-0.2, 0) is 6.42 Å². The lowest BCUT2D eigenvalue weighted by atomic mass is 9.87. The quantitative estimate of drug-likeness (QED) is 0.837. The van der Waals surface area contributed by atoms with Gasteiger partial charge in [-0.15, -0.1) is 0 Å². The second-order valence-corrected chi connectivity index (χ2v) is 6.10. The summed E-state index contributed by atoms with van der Waals surface area (Å²) in [6.45, 7) is 5.40. The Morgan fingerprint density at radius 1 is 1.33 bits per heavy atom. The van der Waals surface area contributed by atoms with Gasteiger partial charge < -0.3 is 25.4 Å². The van der Waals surface area contributed by atoms with E-state index in [1.807, 2.05) is 30.9 Å². The topological polar surface area (TPSA) is 76.8 Å². The first kappa shape index (κ1) is 18.4. The fourth-order valence-corrected chi connectivity index (χ4v) is 3.22. The Labute approximate surface area is 144 Å². The van der Waals surface area contributed by atoms with Crippen LogP contribution in [0, 0.1) is 0 Å². The molecule has 0 unspecified atom stereocenters. The van der Waals surface area contributed by atoms with Crippen LogP contribution in [0.25, 0.3) is 0 Å². The fourth-order valence-electron chi connectivity index (χ4n) is 3.22. The van der Waals surface area contributed by atoms with Gasteiger partial charge in [0.05, 0.1) is 20.3 Å². The lowest BCUT2D eigenvalue weighted by molar-refractivity contribution is 0.156. The smallest absolute Gasteiger partial charge is 0.317 e. The van der Waals surface area contributed by atoms with E-state index in [0.29, 0.717) is 24.6 Å². The zero-order valence-electron chi connectivity index (χ0n) is 15.1. The number of nitrogens with one attached hydrogen (secondary N) is 1. The van der Waals surface area contributed by atoms with E-state index in [0.717, 1.165) is 24.8 Å². The number of carbonyl (C=O) groups is 1. The Hall–Kier alpha value is -1.95. The van der Waals surface area contributed by atoms with E-state index in [2.05, 4.69) is 5.32 Å². The summed E-state index contributed by atoms with van der Waals surface area (Å²) in [4.78, 5) is 14.4. The van der Waals surface area contributed by atoms with Crippen LogP contribution >= 0.6 is 0 Å². The number of benzene rings is 1. The standard InChI is InChI=1S/C18H29N3O3/c1-5-8-20-18(22)21-9-7-12-10-15(23-3)16(24-4)11-13(12)17(21)14(19)6-2/h10-11,14,17H,5-9,19H2,1-4H3,(H,20,22)/t14-,17-/m1/s1. The number of urea groups is 1. The molecule has 134 valence electrons. The third kappa shape index (κ3) is 3.59. The summed E-state index contributed by atoms with van der Waals surface area (Å²) in [5.41, 5.74) is 8.61. The van der Waals surface area contributed by atoms with Gasteiger partial charge in [-0.1, -0.05) is 13.8 Å².